The zero-order chi connectivity index (χ0) is 33.6. The van der Waals surface area contributed by atoms with Crippen LogP contribution in [0.4, 0.5) is 5.69 Å². The van der Waals surface area contributed by atoms with Gasteiger partial charge in [-0.15, -0.1) is 0 Å². The number of rotatable bonds is 12. The molecule has 7 nitrogen and oxygen atoms in total. The Kier molecular flexibility index (Phi) is 11.5. The third kappa shape index (κ3) is 8.49. The molecule has 1 fully saturated rings. The Morgan fingerprint density at radius 2 is 1.47 bits per heavy atom. The van der Waals surface area contributed by atoms with Gasteiger partial charge in [-0.25, -0.2) is 8.42 Å². The molecule has 1 atom stereocenters. The van der Waals surface area contributed by atoms with E-state index in [1.165, 1.54) is 17.0 Å². The first-order valence-corrected chi connectivity index (χ1v) is 18.0. The van der Waals surface area contributed by atoms with Gasteiger partial charge in [0.05, 0.1) is 20.6 Å². The third-order valence-electron chi connectivity index (χ3n) is 8.43. The largest absolute Gasteiger partial charge is 0.352 e. The summed E-state index contributed by atoms with van der Waals surface area (Å²) in [5.41, 5.74) is 2.25. The second kappa shape index (κ2) is 15.6. The van der Waals surface area contributed by atoms with Crippen LogP contribution in [-0.2, 0) is 32.6 Å². The maximum atomic E-state index is 14.7. The van der Waals surface area contributed by atoms with E-state index in [9.17, 15) is 18.0 Å². The normalized spacial score (nSPS) is 14.0. The molecule has 1 N–H and O–H groups in total. The van der Waals surface area contributed by atoms with Crippen molar-refractivity contribution in [3.8, 4) is 0 Å². The van der Waals surface area contributed by atoms with Crippen molar-refractivity contribution in [1.29, 1.82) is 0 Å². The van der Waals surface area contributed by atoms with E-state index in [1.807, 2.05) is 30.3 Å². The van der Waals surface area contributed by atoms with Crippen molar-refractivity contribution in [1.82, 2.24) is 10.2 Å². The van der Waals surface area contributed by atoms with Crippen LogP contribution in [0.2, 0.25) is 15.1 Å². The summed E-state index contributed by atoms with van der Waals surface area (Å²) in [6, 6.07) is 26.4. The minimum absolute atomic E-state index is 0.00627. The molecule has 0 heterocycles. The van der Waals surface area contributed by atoms with Crippen LogP contribution in [0.1, 0.15) is 42.4 Å². The lowest BCUT2D eigenvalue weighted by Crippen LogP contribution is -2.54. The average Bonchev–Trinajstić information content (AvgIpc) is 3.58. The molecular weight excluding hydrogens is 677 g/mol. The summed E-state index contributed by atoms with van der Waals surface area (Å²) >= 11 is 19.0. The highest BCUT2D eigenvalue weighted by molar-refractivity contribution is 7.92. The van der Waals surface area contributed by atoms with E-state index in [2.05, 4.69) is 5.32 Å². The van der Waals surface area contributed by atoms with Crippen LogP contribution >= 0.6 is 34.8 Å². The fraction of sp³-hybridized carbons (Fsp3) is 0.278. The van der Waals surface area contributed by atoms with Crippen molar-refractivity contribution in [3.63, 3.8) is 0 Å². The molecule has 0 spiro atoms. The van der Waals surface area contributed by atoms with E-state index < -0.39 is 28.5 Å². The Morgan fingerprint density at radius 3 is 2.13 bits per heavy atom. The molecule has 0 saturated heterocycles. The highest BCUT2D eigenvalue weighted by Gasteiger charge is 2.36. The number of benzene rings is 4. The zero-order valence-corrected chi connectivity index (χ0v) is 29.0. The number of nitrogens with zero attached hydrogens (tertiary/aromatic N) is 2. The Bertz CT molecular complexity index is 1820. The van der Waals surface area contributed by atoms with Crippen LogP contribution in [0.5, 0.6) is 0 Å². The van der Waals surface area contributed by atoms with E-state index in [4.69, 9.17) is 34.8 Å². The fourth-order valence-electron chi connectivity index (χ4n) is 5.86. The molecule has 11 heteroatoms. The SMILES string of the molecule is Cc1c(Cl)cccc1N(CC(=O)N(Cc1ccc(Cl)c(Cl)c1)C(Cc1ccccc1)C(=O)NC1CCCC1)S(=O)(=O)c1ccccc1. The molecule has 0 radical (unpaired) electrons. The van der Waals surface area contributed by atoms with E-state index in [-0.39, 0.29) is 35.5 Å². The molecule has 4 aromatic carbocycles. The van der Waals surface area contributed by atoms with Crippen molar-refractivity contribution in [2.24, 2.45) is 0 Å². The van der Waals surface area contributed by atoms with Crippen molar-refractivity contribution in [2.45, 2.75) is 62.6 Å². The van der Waals surface area contributed by atoms with Gasteiger partial charge in [0, 0.05) is 24.0 Å². The van der Waals surface area contributed by atoms with Gasteiger partial charge in [0.2, 0.25) is 11.8 Å². The van der Waals surface area contributed by atoms with E-state index in [1.54, 1.807) is 61.5 Å². The van der Waals surface area contributed by atoms with Gasteiger partial charge in [0.1, 0.15) is 12.6 Å². The van der Waals surface area contributed by atoms with Crippen molar-refractivity contribution in [3.05, 3.63) is 129 Å². The molecule has 1 saturated carbocycles. The summed E-state index contributed by atoms with van der Waals surface area (Å²) in [6.45, 7) is 1.11. The number of amides is 2. The molecule has 2 amide bonds. The van der Waals surface area contributed by atoms with Gasteiger partial charge in [-0.1, -0.05) is 108 Å². The van der Waals surface area contributed by atoms with Gasteiger partial charge >= 0.3 is 0 Å². The summed E-state index contributed by atoms with van der Waals surface area (Å²) < 4.78 is 29.5. The maximum Gasteiger partial charge on any atom is 0.264 e. The van der Waals surface area contributed by atoms with Crippen LogP contribution in [-0.4, -0.2) is 43.8 Å². The molecule has 5 rings (SSSR count). The number of carbonyl (C=O) groups is 2. The Labute approximate surface area is 291 Å². The molecule has 1 aliphatic carbocycles. The Balaban J connectivity index is 1.60. The zero-order valence-electron chi connectivity index (χ0n) is 25.9. The standard InChI is InChI=1S/C36H36Cl3N3O4S/c1-25-30(37)17-10-18-33(25)42(47(45,46)29-15-6-3-7-16-29)24-35(43)41(23-27-19-20-31(38)32(39)21-27)34(22-26-11-4-2-5-12-26)36(44)40-28-13-8-9-14-28/h2-7,10-12,15-21,28,34H,8-9,13-14,22-24H2,1H3,(H,40,44). The molecule has 1 aliphatic rings. The maximum absolute atomic E-state index is 14.7. The Morgan fingerprint density at radius 1 is 0.809 bits per heavy atom. The van der Waals surface area contributed by atoms with Gasteiger partial charge in [0.25, 0.3) is 10.0 Å². The first-order valence-electron chi connectivity index (χ1n) is 15.4. The smallest absolute Gasteiger partial charge is 0.264 e. The van der Waals surface area contributed by atoms with Gasteiger partial charge in [-0.3, -0.25) is 13.9 Å². The van der Waals surface area contributed by atoms with Crippen molar-refractivity contribution < 1.29 is 18.0 Å². The third-order valence-corrected chi connectivity index (χ3v) is 11.3. The molecule has 0 bridgehead atoms. The van der Waals surface area contributed by atoms with Crippen molar-refractivity contribution >= 4 is 62.3 Å². The summed E-state index contributed by atoms with van der Waals surface area (Å²) in [6.07, 6.45) is 3.98. The lowest BCUT2D eigenvalue weighted by Gasteiger charge is -2.34. The first-order chi connectivity index (χ1) is 22.5. The number of hydrogen-bond donors (Lipinski definition) is 1. The molecule has 0 aromatic heterocycles. The van der Waals surface area contributed by atoms with Gasteiger partial charge in [-0.05, 0) is 72.9 Å². The number of nitrogens with one attached hydrogen (secondary N) is 1. The molecule has 1 unspecified atom stereocenters. The average molecular weight is 713 g/mol. The van der Waals surface area contributed by atoms with Gasteiger partial charge < -0.3 is 10.2 Å². The number of anilines is 1. The van der Waals surface area contributed by atoms with Crippen LogP contribution in [0, 0.1) is 6.92 Å². The summed E-state index contributed by atoms with van der Waals surface area (Å²) in [5, 5.41) is 4.18. The minimum atomic E-state index is -4.24. The lowest BCUT2D eigenvalue weighted by atomic mass is 10.0. The van der Waals surface area contributed by atoms with E-state index >= 15 is 0 Å². The predicted octanol–water partition coefficient (Wildman–Crippen LogP) is 7.85. The van der Waals surface area contributed by atoms with Gasteiger partial charge in [0.15, 0.2) is 0 Å². The van der Waals surface area contributed by atoms with Crippen LogP contribution in [0.3, 0.4) is 0 Å². The van der Waals surface area contributed by atoms with Crippen molar-refractivity contribution in [2.75, 3.05) is 10.8 Å². The Hall–Kier alpha value is -3.56. The topological polar surface area (TPSA) is 86.8 Å². The number of carbonyl (C=O) groups excluding carboxylic acids is 2. The number of halogens is 3. The summed E-state index contributed by atoms with van der Waals surface area (Å²) in [4.78, 5) is 30.3. The quantitative estimate of drug-likeness (QED) is 0.162. The van der Waals surface area contributed by atoms with Crippen LogP contribution < -0.4 is 9.62 Å². The number of hydrogen-bond acceptors (Lipinski definition) is 4. The summed E-state index contributed by atoms with van der Waals surface area (Å²) in [5.74, 6) is -0.872. The van der Waals surface area contributed by atoms with Gasteiger partial charge in [-0.2, -0.15) is 0 Å². The lowest BCUT2D eigenvalue weighted by molar-refractivity contribution is -0.140. The molecule has 47 heavy (non-hydrogen) atoms. The highest BCUT2D eigenvalue weighted by Crippen LogP contribution is 2.32. The molecule has 246 valence electrons. The molecular formula is C36H36Cl3N3O4S. The second-order valence-corrected chi connectivity index (χ2v) is 14.8. The van der Waals surface area contributed by atoms with Crippen LogP contribution in [0.15, 0.2) is 102 Å². The summed E-state index contributed by atoms with van der Waals surface area (Å²) in [7, 11) is -4.24. The van der Waals surface area contributed by atoms with Crippen LogP contribution in [0.25, 0.3) is 0 Å². The number of sulfonamides is 1. The molecule has 4 aromatic rings. The van der Waals surface area contributed by atoms with E-state index in [0.717, 1.165) is 35.6 Å². The van der Waals surface area contributed by atoms with E-state index in [0.29, 0.717) is 26.2 Å². The highest BCUT2D eigenvalue weighted by atomic mass is 35.5. The monoisotopic (exact) mass is 711 g/mol. The first kappa shape index (κ1) is 34.8. The molecule has 0 aliphatic heterocycles. The fourth-order valence-corrected chi connectivity index (χ4v) is 7.84. The second-order valence-electron chi connectivity index (χ2n) is 11.7. The predicted molar refractivity (Wildman–Crippen MR) is 189 cm³/mol. The minimum Gasteiger partial charge on any atom is -0.352 e.